The molecule has 3 amide bonds. The Kier molecular flexibility index (Phi) is 5.44. The van der Waals surface area contributed by atoms with E-state index in [9.17, 15) is 9.59 Å². The van der Waals surface area contributed by atoms with Crippen LogP contribution >= 0.6 is 0 Å². The minimum absolute atomic E-state index is 0.105. The van der Waals surface area contributed by atoms with Gasteiger partial charge in [0.25, 0.3) is 5.91 Å². The van der Waals surface area contributed by atoms with Crippen molar-refractivity contribution in [2.45, 2.75) is 31.8 Å². The van der Waals surface area contributed by atoms with E-state index in [-0.39, 0.29) is 18.0 Å². The molecule has 23 heavy (non-hydrogen) atoms. The Morgan fingerprint density at radius 1 is 1.35 bits per heavy atom. The van der Waals surface area contributed by atoms with Gasteiger partial charge in [0.05, 0.1) is 26.3 Å². The molecule has 126 valence electrons. The summed E-state index contributed by atoms with van der Waals surface area (Å²) in [4.78, 5) is 24.1. The number of rotatable bonds is 5. The maximum Gasteiger partial charge on any atom is 0.319 e. The first-order valence-electron chi connectivity index (χ1n) is 7.65. The monoisotopic (exact) mass is 322 g/mol. The number of hydrogen-bond donors (Lipinski definition) is 3. The summed E-state index contributed by atoms with van der Waals surface area (Å²) in [6.45, 7) is 2.65. The quantitative estimate of drug-likeness (QED) is 0.711. The molecule has 1 aliphatic rings. The number of quaternary nitrogens is 1. The third-order valence-corrected chi connectivity index (χ3v) is 4.41. The first-order valence-corrected chi connectivity index (χ1v) is 7.65. The van der Waals surface area contributed by atoms with E-state index >= 15 is 0 Å². The van der Waals surface area contributed by atoms with Crippen molar-refractivity contribution in [3.05, 3.63) is 23.8 Å². The summed E-state index contributed by atoms with van der Waals surface area (Å²) in [5.74, 6) is 1.17. The van der Waals surface area contributed by atoms with Crippen LogP contribution in [-0.4, -0.2) is 38.7 Å². The molecule has 0 bridgehead atoms. The predicted molar refractivity (Wildman–Crippen MR) is 84.5 cm³/mol. The second-order valence-electron chi connectivity index (χ2n) is 5.70. The molecule has 1 aromatic carbocycles. The van der Waals surface area contributed by atoms with Gasteiger partial charge in [-0.15, -0.1) is 0 Å². The third kappa shape index (κ3) is 3.73. The van der Waals surface area contributed by atoms with Gasteiger partial charge in [0.2, 0.25) is 0 Å². The van der Waals surface area contributed by atoms with E-state index < -0.39 is 6.03 Å². The van der Waals surface area contributed by atoms with Gasteiger partial charge in [-0.05, 0) is 25.1 Å². The Hall–Kier alpha value is -2.28. The number of carbonyl (C=O) groups is 2. The van der Waals surface area contributed by atoms with Crippen molar-refractivity contribution in [3.8, 4) is 11.5 Å². The molecule has 1 heterocycles. The van der Waals surface area contributed by atoms with Crippen molar-refractivity contribution in [1.82, 2.24) is 5.32 Å². The number of amides is 3. The lowest BCUT2D eigenvalue weighted by molar-refractivity contribution is -0.932. The molecule has 1 fully saturated rings. The van der Waals surface area contributed by atoms with Crippen LogP contribution < -0.4 is 25.4 Å². The minimum atomic E-state index is -0.823. The van der Waals surface area contributed by atoms with Crippen molar-refractivity contribution in [3.63, 3.8) is 0 Å². The Labute approximate surface area is 135 Å². The molecule has 0 radical (unpaired) electrons. The van der Waals surface area contributed by atoms with Gasteiger partial charge in [0.15, 0.2) is 6.04 Å². The first-order chi connectivity index (χ1) is 11.0. The number of nitrogens with two attached hydrogens (primary N) is 1. The van der Waals surface area contributed by atoms with Crippen LogP contribution in [0.4, 0.5) is 4.79 Å². The van der Waals surface area contributed by atoms with E-state index in [1.54, 1.807) is 21.1 Å². The minimum Gasteiger partial charge on any atom is -0.497 e. The number of methoxy groups -OCH3 is 2. The SMILES string of the molecule is COc1ccc(OC)c([C@H]2CCC[NH+]2[C@@H](C)C(=O)NC(N)=O)c1. The molecule has 0 spiro atoms. The molecule has 7 heteroatoms. The van der Waals surface area contributed by atoms with Gasteiger partial charge in [-0.3, -0.25) is 10.1 Å². The van der Waals surface area contributed by atoms with E-state index in [1.807, 2.05) is 18.2 Å². The molecule has 0 aliphatic carbocycles. The summed E-state index contributed by atoms with van der Waals surface area (Å²) >= 11 is 0. The van der Waals surface area contributed by atoms with Crippen LogP contribution in [0, 0.1) is 0 Å². The molecule has 3 atom stereocenters. The predicted octanol–water partition coefficient (Wildman–Crippen LogP) is 0.00700. The lowest BCUT2D eigenvalue weighted by Gasteiger charge is -2.27. The van der Waals surface area contributed by atoms with Gasteiger partial charge >= 0.3 is 6.03 Å². The standard InChI is InChI=1S/C16H23N3O4/c1-10(15(20)18-16(17)21)19-8-4-5-13(19)12-9-11(22-2)6-7-14(12)23-3/h6-7,9-10,13H,4-5,8H2,1-3H3,(H3,17,18,20,21)/p+1/t10-,13+/m0/s1. The fourth-order valence-corrected chi connectivity index (χ4v) is 3.25. The molecular weight excluding hydrogens is 298 g/mol. The van der Waals surface area contributed by atoms with E-state index in [0.29, 0.717) is 0 Å². The van der Waals surface area contributed by atoms with Crippen LogP contribution in [0.3, 0.4) is 0 Å². The summed E-state index contributed by atoms with van der Waals surface area (Å²) in [7, 11) is 3.25. The summed E-state index contributed by atoms with van der Waals surface area (Å²) in [6, 6.07) is 4.57. The fraction of sp³-hybridized carbons (Fsp3) is 0.500. The van der Waals surface area contributed by atoms with Crippen LogP contribution in [0.2, 0.25) is 0 Å². The molecule has 4 N–H and O–H groups in total. The zero-order valence-corrected chi connectivity index (χ0v) is 13.7. The van der Waals surface area contributed by atoms with Gasteiger partial charge in [0.1, 0.15) is 17.5 Å². The maximum atomic E-state index is 12.1. The van der Waals surface area contributed by atoms with Gasteiger partial charge in [-0.2, -0.15) is 0 Å². The molecule has 1 aromatic rings. The van der Waals surface area contributed by atoms with Gasteiger partial charge in [-0.25, -0.2) is 4.79 Å². The number of ether oxygens (including phenoxy) is 2. The summed E-state index contributed by atoms with van der Waals surface area (Å²) in [5.41, 5.74) is 6.05. The second-order valence-corrected chi connectivity index (χ2v) is 5.70. The number of likely N-dealkylation sites (tertiary alicyclic amines) is 1. The van der Waals surface area contributed by atoms with Crippen molar-refractivity contribution < 1.29 is 24.0 Å². The second kappa shape index (κ2) is 7.32. The molecule has 1 unspecified atom stereocenters. The van der Waals surface area contributed by atoms with E-state index in [0.717, 1.165) is 41.3 Å². The molecule has 0 saturated carbocycles. The highest BCUT2D eigenvalue weighted by Crippen LogP contribution is 2.31. The number of carbonyl (C=O) groups excluding carboxylic acids is 2. The van der Waals surface area contributed by atoms with Crippen LogP contribution in [0.15, 0.2) is 18.2 Å². The topological polar surface area (TPSA) is 95.1 Å². The van der Waals surface area contributed by atoms with Gasteiger partial charge in [0, 0.05) is 12.8 Å². The van der Waals surface area contributed by atoms with Crippen molar-refractivity contribution in [2.24, 2.45) is 5.73 Å². The molecular formula is C16H24N3O4+. The summed E-state index contributed by atoms with van der Waals surface area (Å²) < 4.78 is 10.8. The van der Waals surface area contributed by atoms with Crippen molar-refractivity contribution >= 4 is 11.9 Å². The number of imide groups is 1. The fourth-order valence-electron chi connectivity index (χ4n) is 3.25. The Morgan fingerprint density at radius 3 is 2.70 bits per heavy atom. The number of nitrogens with one attached hydrogen (secondary N) is 2. The highest BCUT2D eigenvalue weighted by Gasteiger charge is 2.38. The number of hydrogen-bond acceptors (Lipinski definition) is 4. The lowest BCUT2D eigenvalue weighted by atomic mass is 10.0. The molecule has 1 aliphatic heterocycles. The van der Waals surface area contributed by atoms with Crippen LogP contribution in [0.1, 0.15) is 31.4 Å². The molecule has 0 aromatic heterocycles. The average Bonchev–Trinajstić information content (AvgIpc) is 3.02. The van der Waals surface area contributed by atoms with Crippen molar-refractivity contribution in [1.29, 1.82) is 0 Å². The average molecular weight is 322 g/mol. The maximum absolute atomic E-state index is 12.1. The van der Waals surface area contributed by atoms with Gasteiger partial charge < -0.3 is 20.1 Å². The number of primary amides is 1. The molecule has 7 nitrogen and oxygen atoms in total. The lowest BCUT2D eigenvalue weighted by Crippen LogP contribution is -3.15. The van der Waals surface area contributed by atoms with Crippen molar-refractivity contribution in [2.75, 3.05) is 20.8 Å². The highest BCUT2D eigenvalue weighted by molar-refractivity contribution is 5.95. The zero-order valence-electron chi connectivity index (χ0n) is 13.7. The van der Waals surface area contributed by atoms with E-state index in [1.165, 1.54) is 0 Å². The van der Waals surface area contributed by atoms with E-state index in [2.05, 4.69) is 5.32 Å². The Morgan fingerprint density at radius 2 is 2.09 bits per heavy atom. The first kappa shape index (κ1) is 17.1. The smallest absolute Gasteiger partial charge is 0.319 e. The molecule has 1 saturated heterocycles. The van der Waals surface area contributed by atoms with Crippen LogP contribution in [-0.2, 0) is 4.79 Å². The normalized spacial score (nSPS) is 21.5. The highest BCUT2D eigenvalue weighted by atomic mass is 16.5. The number of urea groups is 1. The van der Waals surface area contributed by atoms with E-state index in [4.69, 9.17) is 15.2 Å². The third-order valence-electron chi connectivity index (χ3n) is 4.41. The van der Waals surface area contributed by atoms with Crippen LogP contribution in [0.5, 0.6) is 11.5 Å². The summed E-state index contributed by atoms with van der Waals surface area (Å²) in [6.07, 6.45) is 1.93. The Bertz CT molecular complexity index is 591. The van der Waals surface area contributed by atoms with Gasteiger partial charge in [-0.1, -0.05) is 0 Å². The summed E-state index contributed by atoms with van der Waals surface area (Å²) in [5, 5.41) is 2.17. The zero-order chi connectivity index (χ0) is 17.0. The Balaban J connectivity index is 2.27. The number of benzene rings is 1. The van der Waals surface area contributed by atoms with Crippen LogP contribution in [0.25, 0.3) is 0 Å². The molecule has 2 rings (SSSR count). The largest absolute Gasteiger partial charge is 0.497 e.